The van der Waals surface area contributed by atoms with Crippen LogP contribution >= 0.6 is 23.1 Å². The first-order chi connectivity index (χ1) is 11.3. The fourth-order valence-electron chi connectivity index (χ4n) is 2.10. The number of carbonyl (C=O) groups excluding carboxylic acids is 1. The summed E-state index contributed by atoms with van der Waals surface area (Å²) in [4.78, 5) is 22.0. The van der Waals surface area contributed by atoms with Crippen molar-refractivity contribution in [2.75, 3.05) is 11.6 Å². The Balaban J connectivity index is 1.68. The number of pyridine rings is 1. The summed E-state index contributed by atoms with van der Waals surface area (Å²) >= 11 is 3.11. The van der Waals surface area contributed by atoms with Crippen LogP contribution in [0.15, 0.2) is 58.9 Å². The molecule has 2 heterocycles. The normalized spacial score (nSPS) is 10.5. The highest BCUT2D eigenvalue weighted by Gasteiger charge is 2.11. The number of benzene rings is 1. The van der Waals surface area contributed by atoms with Crippen molar-refractivity contribution in [3.05, 3.63) is 59.7 Å². The number of aromatic nitrogens is 2. The molecule has 1 N–H and O–H groups in total. The lowest BCUT2D eigenvalue weighted by molar-refractivity contribution is -0.115. The van der Waals surface area contributed by atoms with Gasteiger partial charge in [0.25, 0.3) is 0 Å². The van der Waals surface area contributed by atoms with Crippen molar-refractivity contribution in [3.63, 3.8) is 0 Å². The van der Waals surface area contributed by atoms with E-state index in [1.54, 1.807) is 18.0 Å². The van der Waals surface area contributed by atoms with Crippen LogP contribution in [0.25, 0.3) is 10.7 Å². The average Bonchev–Trinajstić information content (AvgIpc) is 3.04. The molecule has 23 heavy (non-hydrogen) atoms. The van der Waals surface area contributed by atoms with Crippen molar-refractivity contribution in [3.8, 4) is 10.7 Å². The molecule has 0 atom stereocenters. The van der Waals surface area contributed by atoms with Crippen LogP contribution in [0.4, 0.5) is 5.69 Å². The molecule has 0 fully saturated rings. The van der Waals surface area contributed by atoms with Crippen LogP contribution in [0.2, 0.25) is 0 Å². The Morgan fingerprint density at radius 2 is 2.04 bits per heavy atom. The Labute approximate surface area is 143 Å². The summed E-state index contributed by atoms with van der Waals surface area (Å²) in [5, 5.41) is 5.69. The van der Waals surface area contributed by atoms with Crippen LogP contribution in [-0.4, -0.2) is 22.1 Å². The molecule has 0 radical (unpaired) electrons. The first kappa shape index (κ1) is 15.7. The van der Waals surface area contributed by atoms with Gasteiger partial charge in [0, 0.05) is 16.5 Å². The van der Waals surface area contributed by atoms with Crippen molar-refractivity contribution in [1.29, 1.82) is 0 Å². The summed E-state index contributed by atoms with van der Waals surface area (Å²) in [6.45, 7) is 0. The van der Waals surface area contributed by atoms with Gasteiger partial charge in [-0.3, -0.25) is 9.78 Å². The van der Waals surface area contributed by atoms with E-state index in [0.717, 1.165) is 27.0 Å². The number of nitrogens with one attached hydrogen (secondary N) is 1. The SMILES string of the molecule is CSc1ccccc1NC(=O)Cc1csc(-c2ccccn2)n1. The quantitative estimate of drug-likeness (QED) is 0.710. The third-order valence-electron chi connectivity index (χ3n) is 3.16. The van der Waals surface area contributed by atoms with E-state index < -0.39 is 0 Å². The summed E-state index contributed by atoms with van der Waals surface area (Å²) in [7, 11) is 0. The second-order valence-electron chi connectivity index (χ2n) is 4.78. The number of hydrogen-bond acceptors (Lipinski definition) is 5. The molecule has 3 rings (SSSR count). The molecule has 0 aliphatic heterocycles. The minimum absolute atomic E-state index is 0.0654. The van der Waals surface area contributed by atoms with Gasteiger partial charge < -0.3 is 5.32 Å². The lowest BCUT2D eigenvalue weighted by atomic mass is 10.3. The van der Waals surface area contributed by atoms with Crippen LogP contribution in [0.1, 0.15) is 5.69 Å². The molecule has 0 bridgehead atoms. The van der Waals surface area contributed by atoms with Crippen LogP contribution in [0.5, 0.6) is 0 Å². The van der Waals surface area contributed by atoms with Crippen molar-refractivity contribution in [2.24, 2.45) is 0 Å². The number of anilines is 1. The van der Waals surface area contributed by atoms with Gasteiger partial charge in [0.05, 0.1) is 23.5 Å². The molecule has 0 saturated carbocycles. The maximum atomic E-state index is 12.2. The van der Waals surface area contributed by atoms with Crippen molar-refractivity contribution in [2.45, 2.75) is 11.3 Å². The predicted octanol–water partition coefficient (Wildman–Crippen LogP) is 4.11. The number of para-hydroxylation sites is 1. The average molecular weight is 341 g/mol. The monoisotopic (exact) mass is 341 g/mol. The number of nitrogens with zero attached hydrogens (tertiary/aromatic N) is 2. The van der Waals surface area contributed by atoms with E-state index in [0.29, 0.717) is 0 Å². The van der Waals surface area contributed by atoms with Gasteiger partial charge in [-0.05, 0) is 30.5 Å². The lowest BCUT2D eigenvalue weighted by Crippen LogP contribution is -2.15. The highest BCUT2D eigenvalue weighted by atomic mass is 32.2. The Morgan fingerprint density at radius 1 is 1.22 bits per heavy atom. The number of carbonyl (C=O) groups is 1. The van der Waals surface area contributed by atoms with E-state index in [9.17, 15) is 4.79 Å². The molecule has 0 spiro atoms. The van der Waals surface area contributed by atoms with Gasteiger partial charge in [0.2, 0.25) is 5.91 Å². The van der Waals surface area contributed by atoms with Crippen LogP contribution in [-0.2, 0) is 11.2 Å². The molecule has 116 valence electrons. The molecule has 0 unspecified atom stereocenters. The zero-order valence-corrected chi connectivity index (χ0v) is 14.2. The number of rotatable bonds is 5. The minimum atomic E-state index is -0.0654. The van der Waals surface area contributed by atoms with E-state index in [1.165, 1.54) is 11.3 Å². The van der Waals surface area contributed by atoms with Crippen LogP contribution < -0.4 is 5.32 Å². The minimum Gasteiger partial charge on any atom is -0.325 e. The maximum absolute atomic E-state index is 12.2. The van der Waals surface area contributed by atoms with Gasteiger partial charge in [-0.15, -0.1) is 23.1 Å². The Bertz CT molecular complexity index is 802. The summed E-state index contributed by atoms with van der Waals surface area (Å²) in [6, 6.07) is 13.5. The highest BCUT2D eigenvalue weighted by Crippen LogP contribution is 2.25. The Kier molecular flexibility index (Phi) is 5.05. The van der Waals surface area contributed by atoms with Gasteiger partial charge in [0.1, 0.15) is 5.01 Å². The van der Waals surface area contributed by atoms with Crippen LogP contribution in [0.3, 0.4) is 0 Å². The van der Waals surface area contributed by atoms with E-state index >= 15 is 0 Å². The summed E-state index contributed by atoms with van der Waals surface area (Å²) in [6.07, 6.45) is 3.99. The zero-order chi connectivity index (χ0) is 16.1. The summed E-state index contributed by atoms with van der Waals surface area (Å²) in [5.74, 6) is -0.0654. The number of amides is 1. The third kappa shape index (κ3) is 3.97. The number of hydrogen-bond donors (Lipinski definition) is 1. The molecule has 4 nitrogen and oxygen atoms in total. The van der Waals surface area contributed by atoms with E-state index in [2.05, 4.69) is 15.3 Å². The fourth-order valence-corrected chi connectivity index (χ4v) is 3.45. The molecule has 0 saturated heterocycles. The summed E-state index contributed by atoms with van der Waals surface area (Å²) < 4.78 is 0. The predicted molar refractivity (Wildman–Crippen MR) is 95.9 cm³/mol. The molecule has 6 heteroatoms. The van der Waals surface area contributed by atoms with Gasteiger partial charge in [-0.2, -0.15) is 0 Å². The molecular formula is C17H15N3OS2. The van der Waals surface area contributed by atoms with E-state index in [-0.39, 0.29) is 12.3 Å². The van der Waals surface area contributed by atoms with Gasteiger partial charge in [0.15, 0.2) is 0 Å². The Morgan fingerprint density at radius 3 is 2.83 bits per heavy atom. The standard InChI is InChI=1S/C17H15N3OS2/c1-22-15-8-3-2-6-13(15)20-16(21)10-12-11-23-17(19-12)14-7-4-5-9-18-14/h2-9,11H,10H2,1H3,(H,20,21). The highest BCUT2D eigenvalue weighted by molar-refractivity contribution is 7.98. The fraction of sp³-hybridized carbons (Fsp3) is 0.118. The molecule has 1 amide bonds. The summed E-state index contributed by atoms with van der Waals surface area (Å²) in [5.41, 5.74) is 2.43. The molecular weight excluding hydrogens is 326 g/mol. The van der Waals surface area contributed by atoms with E-state index in [1.807, 2.05) is 54.1 Å². The van der Waals surface area contributed by atoms with Gasteiger partial charge in [-0.1, -0.05) is 18.2 Å². The second kappa shape index (κ2) is 7.39. The van der Waals surface area contributed by atoms with Crippen molar-refractivity contribution < 1.29 is 4.79 Å². The molecule has 0 aliphatic carbocycles. The molecule has 3 aromatic rings. The maximum Gasteiger partial charge on any atom is 0.230 e. The van der Waals surface area contributed by atoms with Crippen molar-refractivity contribution >= 4 is 34.7 Å². The third-order valence-corrected chi connectivity index (χ3v) is 4.87. The second-order valence-corrected chi connectivity index (χ2v) is 6.49. The van der Waals surface area contributed by atoms with Gasteiger partial charge >= 0.3 is 0 Å². The Hall–Kier alpha value is -2.18. The largest absolute Gasteiger partial charge is 0.325 e. The number of thiazole rings is 1. The first-order valence-electron chi connectivity index (χ1n) is 7.05. The molecule has 0 aliphatic rings. The van der Waals surface area contributed by atoms with Crippen molar-refractivity contribution in [1.82, 2.24) is 9.97 Å². The molecule has 1 aromatic carbocycles. The van der Waals surface area contributed by atoms with Crippen LogP contribution in [0, 0.1) is 0 Å². The molecule has 2 aromatic heterocycles. The lowest BCUT2D eigenvalue weighted by Gasteiger charge is -2.08. The zero-order valence-electron chi connectivity index (χ0n) is 12.5. The topological polar surface area (TPSA) is 54.9 Å². The smallest absolute Gasteiger partial charge is 0.230 e. The van der Waals surface area contributed by atoms with E-state index in [4.69, 9.17) is 0 Å². The van der Waals surface area contributed by atoms with Gasteiger partial charge in [-0.25, -0.2) is 4.98 Å². The first-order valence-corrected chi connectivity index (χ1v) is 9.15. The number of thioether (sulfide) groups is 1.